The minimum absolute atomic E-state index is 0.00778. The van der Waals surface area contributed by atoms with Gasteiger partial charge in [0.2, 0.25) is 5.91 Å². The number of anilines is 1. The van der Waals surface area contributed by atoms with Crippen molar-refractivity contribution in [2.45, 2.75) is 6.42 Å². The highest BCUT2D eigenvalue weighted by atomic mass is 16.5. The molecular formula is C18H21N2O2. The van der Waals surface area contributed by atoms with Crippen LogP contribution in [0.3, 0.4) is 0 Å². The fraction of sp³-hybridized carbons (Fsp3) is 0.222. The highest BCUT2D eigenvalue weighted by molar-refractivity contribution is 5.90. The minimum Gasteiger partial charge on any atom is -0.457 e. The van der Waals surface area contributed by atoms with E-state index in [4.69, 9.17) is 4.74 Å². The second kappa shape index (κ2) is 7.61. The van der Waals surface area contributed by atoms with E-state index in [9.17, 15) is 4.79 Å². The maximum atomic E-state index is 11.7. The van der Waals surface area contributed by atoms with Gasteiger partial charge in [0.05, 0.1) is 0 Å². The molecule has 4 heteroatoms. The summed E-state index contributed by atoms with van der Waals surface area (Å²) in [5.74, 6) is 1.49. The molecule has 0 unspecified atom stereocenters. The van der Waals surface area contributed by atoms with E-state index < -0.39 is 0 Å². The average Bonchev–Trinajstić information content (AvgIpc) is 2.49. The zero-order valence-corrected chi connectivity index (χ0v) is 13.0. The van der Waals surface area contributed by atoms with Crippen molar-refractivity contribution in [1.82, 2.24) is 4.90 Å². The molecule has 0 fully saturated rings. The van der Waals surface area contributed by atoms with Crippen molar-refractivity contribution >= 4 is 11.6 Å². The molecule has 0 aliphatic carbocycles. The van der Waals surface area contributed by atoms with Gasteiger partial charge in [-0.3, -0.25) is 4.79 Å². The van der Waals surface area contributed by atoms with Crippen LogP contribution < -0.4 is 10.1 Å². The molecule has 1 N–H and O–H groups in total. The van der Waals surface area contributed by atoms with Crippen LogP contribution >= 0.6 is 0 Å². The maximum absolute atomic E-state index is 11.7. The Balaban J connectivity index is 1.90. The van der Waals surface area contributed by atoms with E-state index in [1.807, 2.05) is 67.5 Å². The number of nitrogens with zero attached hydrogens (tertiary/aromatic N) is 1. The van der Waals surface area contributed by atoms with E-state index in [2.05, 4.69) is 12.2 Å². The topological polar surface area (TPSA) is 41.6 Å². The number of hydrogen-bond acceptors (Lipinski definition) is 3. The van der Waals surface area contributed by atoms with Gasteiger partial charge in [-0.05, 0) is 63.0 Å². The van der Waals surface area contributed by atoms with Crippen LogP contribution in [0.25, 0.3) is 0 Å². The van der Waals surface area contributed by atoms with Crippen LogP contribution in [0.15, 0.2) is 48.5 Å². The summed E-state index contributed by atoms with van der Waals surface area (Å²) in [4.78, 5) is 13.7. The van der Waals surface area contributed by atoms with Gasteiger partial charge >= 0.3 is 0 Å². The second-order valence-electron chi connectivity index (χ2n) is 5.37. The summed E-state index contributed by atoms with van der Waals surface area (Å²) in [5, 5.41) is 2.87. The zero-order valence-electron chi connectivity index (χ0n) is 13.0. The maximum Gasteiger partial charge on any atom is 0.225 e. The van der Waals surface area contributed by atoms with Crippen LogP contribution in [-0.2, 0) is 4.79 Å². The number of carbonyl (C=O) groups is 1. The van der Waals surface area contributed by atoms with E-state index in [1.54, 1.807) is 0 Å². The molecular weight excluding hydrogens is 276 g/mol. The molecule has 0 saturated heterocycles. The van der Waals surface area contributed by atoms with Gasteiger partial charge in [-0.25, -0.2) is 0 Å². The van der Waals surface area contributed by atoms with Crippen LogP contribution in [0, 0.1) is 6.92 Å². The number of ether oxygens (including phenoxy) is 1. The molecule has 0 heterocycles. The first-order valence-corrected chi connectivity index (χ1v) is 7.17. The molecule has 2 aromatic carbocycles. The van der Waals surface area contributed by atoms with Crippen molar-refractivity contribution < 1.29 is 9.53 Å². The molecule has 0 atom stereocenters. The molecule has 0 aromatic heterocycles. The Kier molecular flexibility index (Phi) is 5.55. The van der Waals surface area contributed by atoms with Crippen LogP contribution in [0.2, 0.25) is 0 Å². The fourth-order valence-corrected chi connectivity index (χ4v) is 1.85. The Hall–Kier alpha value is -2.33. The van der Waals surface area contributed by atoms with Crippen LogP contribution in [0.1, 0.15) is 12.0 Å². The van der Waals surface area contributed by atoms with E-state index >= 15 is 0 Å². The van der Waals surface area contributed by atoms with Crippen LogP contribution in [0.4, 0.5) is 5.69 Å². The lowest BCUT2D eigenvalue weighted by molar-refractivity contribution is -0.116. The van der Waals surface area contributed by atoms with E-state index in [0.29, 0.717) is 6.42 Å². The number of amides is 1. The molecule has 0 bridgehead atoms. The van der Waals surface area contributed by atoms with Crippen molar-refractivity contribution in [1.29, 1.82) is 0 Å². The van der Waals surface area contributed by atoms with Crippen molar-refractivity contribution in [3.63, 3.8) is 0 Å². The third-order valence-corrected chi connectivity index (χ3v) is 3.08. The molecule has 0 saturated carbocycles. The van der Waals surface area contributed by atoms with Gasteiger partial charge in [-0.1, -0.05) is 12.1 Å². The predicted octanol–water partition coefficient (Wildman–Crippen LogP) is 3.55. The Morgan fingerprint density at radius 2 is 1.59 bits per heavy atom. The lowest BCUT2D eigenvalue weighted by atomic mass is 10.2. The van der Waals surface area contributed by atoms with Gasteiger partial charge in [0.1, 0.15) is 11.5 Å². The van der Waals surface area contributed by atoms with E-state index in [-0.39, 0.29) is 5.91 Å². The molecule has 2 aromatic rings. The summed E-state index contributed by atoms with van der Waals surface area (Å²) in [6, 6.07) is 14.9. The Labute approximate surface area is 131 Å². The van der Waals surface area contributed by atoms with Crippen molar-refractivity contribution in [3.8, 4) is 11.5 Å². The lowest BCUT2D eigenvalue weighted by Gasteiger charge is -2.10. The summed E-state index contributed by atoms with van der Waals surface area (Å²) in [6.45, 7) is 4.57. The number of benzene rings is 2. The number of nitrogens with one attached hydrogen (secondary N) is 1. The Morgan fingerprint density at radius 3 is 2.14 bits per heavy atom. The van der Waals surface area contributed by atoms with E-state index in [0.717, 1.165) is 29.3 Å². The molecule has 0 aliphatic heterocycles. The van der Waals surface area contributed by atoms with Gasteiger partial charge in [-0.15, -0.1) is 0 Å². The molecule has 115 valence electrons. The number of hydrogen-bond donors (Lipinski definition) is 1. The van der Waals surface area contributed by atoms with Crippen molar-refractivity contribution in [2.75, 3.05) is 26.0 Å². The number of rotatable bonds is 6. The summed E-state index contributed by atoms with van der Waals surface area (Å²) in [5.41, 5.74) is 1.72. The van der Waals surface area contributed by atoms with E-state index in [1.165, 1.54) is 0 Å². The largest absolute Gasteiger partial charge is 0.457 e. The van der Waals surface area contributed by atoms with Crippen LogP contribution in [-0.4, -0.2) is 31.4 Å². The van der Waals surface area contributed by atoms with Gasteiger partial charge in [-0.2, -0.15) is 0 Å². The van der Waals surface area contributed by atoms with Gasteiger partial charge in [0.15, 0.2) is 0 Å². The molecule has 0 spiro atoms. The first-order valence-electron chi connectivity index (χ1n) is 7.17. The molecule has 22 heavy (non-hydrogen) atoms. The van der Waals surface area contributed by atoms with Crippen molar-refractivity contribution in [3.05, 3.63) is 61.0 Å². The zero-order chi connectivity index (χ0) is 15.9. The molecule has 1 radical (unpaired) electrons. The number of carbonyl (C=O) groups excluding carboxylic acids is 1. The SMILES string of the molecule is [CH2]c1ccc(Oc2ccc(NC(=O)CCN(C)C)cc2)cc1. The summed E-state index contributed by atoms with van der Waals surface area (Å²) < 4.78 is 5.73. The standard InChI is InChI=1S/C18H21N2O2/c1-14-4-8-16(9-5-14)22-17-10-6-15(7-11-17)19-18(21)12-13-20(2)3/h4-11H,1,12-13H2,2-3H3,(H,19,21). The molecule has 4 nitrogen and oxygen atoms in total. The first-order chi connectivity index (χ1) is 10.5. The molecule has 0 aliphatic rings. The summed E-state index contributed by atoms with van der Waals surface area (Å²) >= 11 is 0. The highest BCUT2D eigenvalue weighted by Crippen LogP contribution is 2.23. The third-order valence-electron chi connectivity index (χ3n) is 3.08. The minimum atomic E-state index is 0.00778. The van der Waals surface area contributed by atoms with Gasteiger partial charge < -0.3 is 15.0 Å². The Bertz CT molecular complexity index is 604. The first kappa shape index (κ1) is 16.0. The average molecular weight is 297 g/mol. The monoisotopic (exact) mass is 297 g/mol. The third kappa shape index (κ3) is 5.22. The summed E-state index contributed by atoms with van der Waals surface area (Å²) in [6.07, 6.45) is 0.475. The molecule has 1 amide bonds. The quantitative estimate of drug-likeness (QED) is 0.886. The van der Waals surface area contributed by atoms with Crippen LogP contribution in [0.5, 0.6) is 11.5 Å². The van der Waals surface area contributed by atoms with Gasteiger partial charge in [0, 0.05) is 18.7 Å². The Morgan fingerprint density at radius 1 is 1.05 bits per heavy atom. The highest BCUT2D eigenvalue weighted by Gasteiger charge is 2.04. The fourth-order valence-electron chi connectivity index (χ4n) is 1.85. The second-order valence-corrected chi connectivity index (χ2v) is 5.37. The molecule has 2 rings (SSSR count). The summed E-state index contributed by atoms with van der Waals surface area (Å²) in [7, 11) is 3.89. The van der Waals surface area contributed by atoms with Gasteiger partial charge in [0.25, 0.3) is 0 Å². The lowest BCUT2D eigenvalue weighted by Crippen LogP contribution is -2.20. The van der Waals surface area contributed by atoms with Crippen molar-refractivity contribution in [2.24, 2.45) is 0 Å². The smallest absolute Gasteiger partial charge is 0.225 e. The predicted molar refractivity (Wildman–Crippen MR) is 89.2 cm³/mol. The normalized spacial score (nSPS) is 10.5.